The minimum Gasteiger partial charge on any atom is -0.469 e. The van der Waals surface area contributed by atoms with Crippen LogP contribution in [0.15, 0.2) is 24.3 Å². The molecule has 1 aromatic rings. The van der Waals surface area contributed by atoms with Crippen LogP contribution in [0.4, 0.5) is 5.69 Å². The second-order valence-corrected chi connectivity index (χ2v) is 5.07. The van der Waals surface area contributed by atoms with Gasteiger partial charge in [-0.1, -0.05) is 12.1 Å². The summed E-state index contributed by atoms with van der Waals surface area (Å²) in [5.41, 5.74) is 1.37. The minimum atomic E-state index is -1.30. The molecule has 0 heterocycles. The van der Waals surface area contributed by atoms with Crippen molar-refractivity contribution in [3.05, 3.63) is 35.4 Å². The number of hydrogen-bond acceptors (Lipinski definition) is 4. The smallest absolute Gasteiger partial charge is 0.312 e. The van der Waals surface area contributed by atoms with E-state index in [1.54, 1.807) is 13.0 Å². The summed E-state index contributed by atoms with van der Waals surface area (Å²) in [4.78, 5) is 13.7. The highest BCUT2D eigenvalue weighted by Crippen LogP contribution is 2.41. The molecule has 2 rings (SSSR count). The highest BCUT2D eigenvalue weighted by atomic mass is 16.5. The number of methoxy groups -OCH3 is 1. The molecule has 2 unspecified atom stereocenters. The number of carbonyl (C=O) groups is 1. The molecule has 0 aliphatic heterocycles. The van der Waals surface area contributed by atoms with Crippen molar-refractivity contribution in [3.63, 3.8) is 0 Å². The Kier molecular flexibility index (Phi) is 3.37. The van der Waals surface area contributed by atoms with E-state index in [-0.39, 0.29) is 0 Å². The van der Waals surface area contributed by atoms with Gasteiger partial charge in [-0.15, -0.1) is 0 Å². The number of fused-ring (bicyclic) bond motifs is 1. The topological polar surface area (TPSA) is 49.8 Å². The van der Waals surface area contributed by atoms with Gasteiger partial charge in [0.2, 0.25) is 0 Å². The maximum absolute atomic E-state index is 11.7. The van der Waals surface area contributed by atoms with Crippen molar-refractivity contribution in [1.29, 1.82) is 0 Å². The molecule has 19 heavy (non-hydrogen) atoms. The van der Waals surface area contributed by atoms with Crippen LogP contribution in [0.5, 0.6) is 0 Å². The fraction of sp³-hybridized carbons (Fsp3) is 0.400. The van der Waals surface area contributed by atoms with E-state index >= 15 is 0 Å². The molecule has 4 nitrogen and oxygen atoms in total. The average Bonchev–Trinajstić information content (AvgIpc) is 2.75. The summed E-state index contributed by atoms with van der Waals surface area (Å²) in [5, 5.41) is 10.8. The number of rotatable bonds is 3. The van der Waals surface area contributed by atoms with Gasteiger partial charge in [-0.25, -0.2) is 0 Å². The van der Waals surface area contributed by atoms with Crippen LogP contribution in [-0.2, 0) is 15.1 Å². The van der Waals surface area contributed by atoms with E-state index in [0.717, 1.165) is 16.8 Å². The Morgan fingerprint density at radius 3 is 2.68 bits per heavy atom. The number of esters is 1. The standard InChI is InChI=1S/C15H19NO3/c1-10(14(17)19-4)15(18)8-7-11-5-6-12(16(2)3)9-13(11)15/h5-10,18H,1-4H3. The fourth-order valence-electron chi connectivity index (χ4n) is 2.36. The number of nitrogens with zero attached hydrogens (tertiary/aromatic N) is 1. The molecule has 0 saturated carbocycles. The van der Waals surface area contributed by atoms with Gasteiger partial charge in [-0.3, -0.25) is 4.79 Å². The van der Waals surface area contributed by atoms with Crippen molar-refractivity contribution in [2.45, 2.75) is 12.5 Å². The first-order chi connectivity index (χ1) is 8.90. The van der Waals surface area contributed by atoms with Crippen LogP contribution >= 0.6 is 0 Å². The zero-order valence-electron chi connectivity index (χ0n) is 11.7. The number of hydrogen-bond donors (Lipinski definition) is 1. The number of ether oxygens (including phenoxy) is 1. The number of carbonyl (C=O) groups excluding carboxylic acids is 1. The first kappa shape index (κ1) is 13.6. The van der Waals surface area contributed by atoms with E-state index in [1.165, 1.54) is 7.11 Å². The van der Waals surface area contributed by atoms with Gasteiger partial charge in [0.15, 0.2) is 0 Å². The van der Waals surface area contributed by atoms with Crippen molar-refractivity contribution in [3.8, 4) is 0 Å². The van der Waals surface area contributed by atoms with E-state index in [0.29, 0.717) is 0 Å². The maximum atomic E-state index is 11.7. The van der Waals surface area contributed by atoms with E-state index in [2.05, 4.69) is 0 Å². The van der Waals surface area contributed by atoms with Crippen molar-refractivity contribution in [2.24, 2.45) is 5.92 Å². The summed E-state index contributed by atoms with van der Waals surface area (Å²) >= 11 is 0. The Bertz CT molecular complexity index is 536. The molecule has 1 aliphatic rings. The van der Waals surface area contributed by atoms with Crippen molar-refractivity contribution in [1.82, 2.24) is 0 Å². The summed E-state index contributed by atoms with van der Waals surface area (Å²) in [5.74, 6) is -1.07. The molecule has 0 amide bonds. The molecule has 0 fully saturated rings. The first-order valence-electron chi connectivity index (χ1n) is 6.21. The highest BCUT2D eigenvalue weighted by molar-refractivity contribution is 5.78. The van der Waals surface area contributed by atoms with Crippen LogP contribution in [0.2, 0.25) is 0 Å². The van der Waals surface area contributed by atoms with Crippen LogP contribution in [0, 0.1) is 5.92 Å². The molecule has 2 atom stereocenters. The van der Waals surface area contributed by atoms with Gasteiger partial charge < -0.3 is 14.7 Å². The molecular weight excluding hydrogens is 242 g/mol. The van der Waals surface area contributed by atoms with Gasteiger partial charge in [-0.2, -0.15) is 0 Å². The Morgan fingerprint density at radius 1 is 1.42 bits per heavy atom. The molecule has 4 heteroatoms. The Labute approximate surface area is 113 Å². The Morgan fingerprint density at radius 2 is 2.11 bits per heavy atom. The average molecular weight is 261 g/mol. The van der Waals surface area contributed by atoms with Gasteiger partial charge in [0.25, 0.3) is 0 Å². The summed E-state index contributed by atoms with van der Waals surface area (Å²) in [6.07, 6.45) is 3.51. The lowest BCUT2D eigenvalue weighted by Gasteiger charge is -2.29. The second kappa shape index (κ2) is 4.70. The van der Waals surface area contributed by atoms with Crippen molar-refractivity contribution < 1.29 is 14.6 Å². The van der Waals surface area contributed by atoms with Crippen molar-refractivity contribution in [2.75, 3.05) is 26.1 Å². The summed E-state index contributed by atoms with van der Waals surface area (Å²) in [6, 6.07) is 5.84. The lowest BCUT2D eigenvalue weighted by atomic mass is 9.84. The summed E-state index contributed by atoms with van der Waals surface area (Å²) < 4.78 is 4.74. The fourth-order valence-corrected chi connectivity index (χ4v) is 2.36. The summed E-state index contributed by atoms with van der Waals surface area (Å²) in [7, 11) is 5.21. The van der Waals surface area contributed by atoms with E-state index in [1.807, 2.05) is 43.3 Å². The largest absolute Gasteiger partial charge is 0.469 e. The minimum absolute atomic E-state index is 0.421. The Hall–Kier alpha value is -1.81. The molecule has 1 aliphatic carbocycles. The predicted octanol–water partition coefficient (Wildman–Crippen LogP) is 1.78. The van der Waals surface area contributed by atoms with Gasteiger partial charge in [0, 0.05) is 19.8 Å². The zero-order chi connectivity index (χ0) is 14.2. The van der Waals surface area contributed by atoms with Gasteiger partial charge in [0.05, 0.1) is 13.0 Å². The van der Waals surface area contributed by atoms with E-state index in [9.17, 15) is 9.90 Å². The Balaban J connectivity index is 2.47. The van der Waals surface area contributed by atoms with Crippen molar-refractivity contribution >= 4 is 17.7 Å². The lowest BCUT2D eigenvalue weighted by molar-refractivity contribution is -0.152. The van der Waals surface area contributed by atoms with Gasteiger partial charge in [0.1, 0.15) is 5.60 Å². The number of anilines is 1. The second-order valence-electron chi connectivity index (χ2n) is 5.07. The zero-order valence-corrected chi connectivity index (χ0v) is 11.7. The number of aliphatic hydroxyl groups is 1. The summed E-state index contributed by atoms with van der Waals surface area (Å²) in [6.45, 7) is 1.67. The maximum Gasteiger partial charge on any atom is 0.312 e. The van der Waals surface area contributed by atoms with Crippen LogP contribution in [-0.4, -0.2) is 32.3 Å². The van der Waals surface area contributed by atoms with Gasteiger partial charge in [-0.05, 0) is 36.3 Å². The van der Waals surface area contributed by atoms with Crippen LogP contribution in [0.1, 0.15) is 18.1 Å². The SMILES string of the molecule is COC(=O)C(C)C1(O)C=Cc2ccc(N(C)C)cc21. The molecule has 1 N–H and O–H groups in total. The van der Waals surface area contributed by atoms with Crippen LogP contribution in [0.3, 0.4) is 0 Å². The van der Waals surface area contributed by atoms with Crippen LogP contribution < -0.4 is 4.90 Å². The molecule has 0 bridgehead atoms. The van der Waals surface area contributed by atoms with Gasteiger partial charge >= 0.3 is 5.97 Å². The van der Waals surface area contributed by atoms with E-state index < -0.39 is 17.5 Å². The molecule has 0 aromatic heterocycles. The monoisotopic (exact) mass is 261 g/mol. The van der Waals surface area contributed by atoms with E-state index in [4.69, 9.17) is 4.74 Å². The lowest BCUT2D eigenvalue weighted by Crippen LogP contribution is -2.36. The van der Waals surface area contributed by atoms with Crippen LogP contribution in [0.25, 0.3) is 6.08 Å². The quantitative estimate of drug-likeness (QED) is 0.843. The molecule has 0 spiro atoms. The molecule has 0 radical (unpaired) electrons. The third-order valence-electron chi connectivity index (χ3n) is 3.72. The third-order valence-corrected chi connectivity index (χ3v) is 3.72. The predicted molar refractivity (Wildman–Crippen MR) is 74.9 cm³/mol. The molecule has 1 aromatic carbocycles. The number of benzene rings is 1. The normalized spacial score (nSPS) is 21.9. The highest BCUT2D eigenvalue weighted by Gasteiger charge is 2.42. The first-order valence-corrected chi connectivity index (χ1v) is 6.21. The molecule has 102 valence electrons. The third kappa shape index (κ3) is 2.12. The molecular formula is C15H19NO3. The molecule has 0 saturated heterocycles.